The largest absolute Gasteiger partial charge is 0.297 e. The molecule has 4 heterocycles. The molecule has 0 radical (unpaired) electrons. The topological polar surface area (TPSA) is 88.3 Å². The third-order valence-electron chi connectivity index (χ3n) is 4.72. The van der Waals surface area contributed by atoms with Gasteiger partial charge in [-0.25, -0.2) is 14.5 Å². The molecule has 0 aliphatic carbocycles. The smallest absolute Gasteiger partial charge is 0.297 e. The number of anilines is 1. The summed E-state index contributed by atoms with van der Waals surface area (Å²) < 4.78 is 1.58. The average Bonchev–Trinajstić information content (AvgIpc) is 3.22. The van der Waals surface area contributed by atoms with Crippen molar-refractivity contribution in [3.8, 4) is 0 Å². The van der Waals surface area contributed by atoms with Crippen molar-refractivity contribution in [1.82, 2.24) is 29.5 Å². The molecule has 0 saturated carbocycles. The predicted octanol–water partition coefficient (Wildman–Crippen LogP) is 2.68. The number of thiazole rings is 1. The van der Waals surface area contributed by atoms with E-state index < -0.39 is 0 Å². The van der Waals surface area contributed by atoms with Gasteiger partial charge in [-0.3, -0.25) is 15.0 Å². The van der Waals surface area contributed by atoms with Gasteiger partial charge in [0.15, 0.2) is 5.13 Å². The number of nitrogens with one attached hydrogen (secondary N) is 1. The van der Waals surface area contributed by atoms with E-state index in [0.29, 0.717) is 10.9 Å². The van der Waals surface area contributed by atoms with E-state index in [-0.39, 0.29) is 11.7 Å². The van der Waals surface area contributed by atoms with Gasteiger partial charge in [-0.15, -0.1) is 16.4 Å². The molecule has 1 N–H and O–H groups in total. The number of likely N-dealkylation sites (tertiary alicyclic amines) is 1. The summed E-state index contributed by atoms with van der Waals surface area (Å²) in [6.45, 7) is 9.13. The summed E-state index contributed by atoms with van der Waals surface area (Å²) in [4.78, 5) is 28.0. The van der Waals surface area contributed by atoms with Crippen LogP contribution in [0.15, 0.2) is 11.4 Å². The minimum Gasteiger partial charge on any atom is -0.297 e. The maximum Gasteiger partial charge on any atom is 0.297 e. The summed E-state index contributed by atoms with van der Waals surface area (Å²) >= 11 is 1.43. The molecule has 4 rings (SSSR count). The van der Waals surface area contributed by atoms with Crippen LogP contribution in [0.4, 0.5) is 5.13 Å². The Hall–Kier alpha value is -2.39. The van der Waals surface area contributed by atoms with Gasteiger partial charge in [-0.05, 0) is 45.2 Å². The lowest BCUT2D eigenvalue weighted by molar-refractivity contribution is 0.101. The van der Waals surface area contributed by atoms with E-state index in [9.17, 15) is 4.79 Å². The Morgan fingerprint density at radius 3 is 3.00 bits per heavy atom. The van der Waals surface area contributed by atoms with E-state index in [1.54, 1.807) is 4.52 Å². The lowest BCUT2D eigenvalue weighted by Crippen LogP contribution is -2.33. The minimum atomic E-state index is -0.370. The Kier molecular flexibility index (Phi) is 4.88. The van der Waals surface area contributed by atoms with E-state index in [4.69, 9.17) is 0 Å². The fourth-order valence-electron chi connectivity index (χ4n) is 3.51. The number of nitrogens with zero attached hydrogens (tertiary/aromatic N) is 6. The van der Waals surface area contributed by atoms with Crippen LogP contribution in [0.1, 0.15) is 47.5 Å². The molecule has 3 aromatic rings. The van der Waals surface area contributed by atoms with Crippen LogP contribution in [0.25, 0.3) is 5.78 Å². The average molecular weight is 385 g/mol. The van der Waals surface area contributed by atoms with Crippen LogP contribution in [0, 0.1) is 19.8 Å². The van der Waals surface area contributed by atoms with Crippen molar-refractivity contribution in [3.05, 3.63) is 34.4 Å². The van der Waals surface area contributed by atoms with Gasteiger partial charge in [0.2, 0.25) is 5.82 Å². The summed E-state index contributed by atoms with van der Waals surface area (Å²) in [6.07, 6.45) is 2.54. The Balaban J connectivity index is 1.44. The van der Waals surface area contributed by atoms with Gasteiger partial charge in [-0.1, -0.05) is 6.92 Å². The van der Waals surface area contributed by atoms with Crippen molar-refractivity contribution >= 4 is 28.2 Å². The second-order valence-corrected chi connectivity index (χ2v) is 8.12. The highest BCUT2D eigenvalue weighted by molar-refractivity contribution is 7.13. The molecular formula is C18H23N7OS. The quantitative estimate of drug-likeness (QED) is 0.743. The minimum absolute atomic E-state index is 0.0952. The van der Waals surface area contributed by atoms with Gasteiger partial charge in [-0.2, -0.15) is 4.98 Å². The van der Waals surface area contributed by atoms with Crippen LogP contribution in [-0.2, 0) is 6.54 Å². The summed E-state index contributed by atoms with van der Waals surface area (Å²) in [5.41, 5.74) is 2.72. The number of amides is 1. The van der Waals surface area contributed by atoms with E-state index in [1.807, 2.05) is 25.3 Å². The molecular weight excluding hydrogens is 362 g/mol. The van der Waals surface area contributed by atoms with Gasteiger partial charge in [0.1, 0.15) is 0 Å². The maximum absolute atomic E-state index is 12.5. The van der Waals surface area contributed by atoms with Gasteiger partial charge < -0.3 is 0 Å². The van der Waals surface area contributed by atoms with Gasteiger partial charge in [0.05, 0.1) is 5.69 Å². The van der Waals surface area contributed by atoms with Crippen molar-refractivity contribution < 1.29 is 4.79 Å². The Morgan fingerprint density at radius 2 is 2.19 bits per heavy atom. The first-order valence-electron chi connectivity index (χ1n) is 9.17. The molecule has 9 heteroatoms. The van der Waals surface area contributed by atoms with Crippen LogP contribution < -0.4 is 5.32 Å². The van der Waals surface area contributed by atoms with Crippen molar-refractivity contribution in [3.63, 3.8) is 0 Å². The molecule has 0 spiro atoms. The lowest BCUT2D eigenvalue weighted by Gasteiger charge is -2.30. The normalized spacial score (nSPS) is 18.1. The standard InChI is InChI=1S/C18H23N7OS/c1-11-5-4-6-24(8-11)9-14-10-27-18(20-14)22-16(26)15-21-17-19-12(2)7-13(3)25(17)23-15/h7,10-11H,4-6,8-9H2,1-3H3,(H,20,22,26). The number of aryl methyl sites for hydroxylation is 2. The molecule has 1 fully saturated rings. The fraction of sp³-hybridized carbons (Fsp3) is 0.500. The molecule has 3 aromatic heterocycles. The van der Waals surface area contributed by atoms with Crippen molar-refractivity contribution in [2.45, 2.75) is 40.2 Å². The zero-order chi connectivity index (χ0) is 19.0. The monoisotopic (exact) mass is 385 g/mol. The molecule has 1 aliphatic heterocycles. The first-order chi connectivity index (χ1) is 13.0. The molecule has 1 atom stereocenters. The second kappa shape index (κ2) is 7.32. The number of fused-ring (bicyclic) bond motifs is 1. The number of hydrogen-bond donors (Lipinski definition) is 1. The molecule has 0 bridgehead atoms. The fourth-order valence-corrected chi connectivity index (χ4v) is 4.21. The maximum atomic E-state index is 12.5. The SMILES string of the molecule is Cc1cc(C)n2nc(C(=O)Nc3nc(CN4CCCC(C)C4)cs3)nc2n1. The predicted molar refractivity (Wildman–Crippen MR) is 104 cm³/mol. The Labute approximate surface area is 161 Å². The highest BCUT2D eigenvalue weighted by Crippen LogP contribution is 2.21. The first-order valence-corrected chi connectivity index (χ1v) is 10.0. The first kappa shape index (κ1) is 18.0. The zero-order valence-corrected chi connectivity index (χ0v) is 16.6. The molecule has 8 nitrogen and oxygen atoms in total. The molecule has 1 amide bonds. The van der Waals surface area contributed by atoms with E-state index in [0.717, 1.165) is 42.6 Å². The molecule has 27 heavy (non-hydrogen) atoms. The number of aromatic nitrogens is 5. The Morgan fingerprint density at radius 1 is 1.33 bits per heavy atom. The molecule has 142 valence electrons. The van der Waals surface area contributed by atoms with Crippen molar-refractivity contribution in [2.24, 2.45) is 5.92 Å². The summed E-state index contributed by atoms with van der Waals surface area (Å²) in [7, 11) is 0. The number of hydrogen-bond acceptors (Lipinski definition) is 7. The summed E-state index contributed by atoms with van der Waals surface area (Å²) in [5, 5.41) is 9.63. The van der Waals surface area contributed by atoms with Gasteiger partial charge in [0, 0.05) is 29.9 Å². The van der Waals surface area contributed by atoms with E-state index >= 15 is 0 Å². The van der Waals surface area contributed by atoms with Crippen LogP contribution in [0.2, 0.25) is 0 Å². The van der Waals surface area contributed by atoms with Crippen LogP contribution in [-0.4, -0.2) is 48.5 Å². The number of carbonyl (C=O) groups excluding carboxylic acids is 1. The summed E-state index contributed by atoms with van der Waals surface area (Å²) in [6, 6.07) is 1.90. The summed E-state index contributed by atoms with van der Waals surface area (Å²) in [5.74, 6) is 0.887. The van der Waals surface area contributed by atoms with Gasteiger partial charge >= 0.3 is 0 Å². The zero-order valence-electron chi connectivity index (χ0n) is 15.8. The highest BCUT2D eigenvalue weighted by atomic mass is 32.1. The third kappa shape index (κ3) is 3.98. The molecule has 1 aliphatic rings. The number of carbonyl (C=O) groups is 1. The van der Waals surface area contributed by atoms with Crippen LogP contribution >= 0.6 is 11.3 Å². The highest BCUT2D eigenvalue weighted by Gasteiger charge is 2.19. The molecule has 1 saturated heterocycles. The van der Waals surface area contributed by atoms with Crippen molar-refractivity contribution in [1.29, 1.82) is 0 Å². The lowest BCUT2D eigenvalue weighted by atomic mass is 10.0. The second-order valence-electron chi connectivity index (χ2n) is 7.27. The van der Waals surface area contributed by atoms with E-state index in [2.05, 4.69) is 37.2 Å². The van der Waals surface area contributed by atoms with Crippen LogP contribution in [0.3, 0.4) is 0 Å². The van der Waals surface area contributed by atoms with Gasteiger partial charge in [0.25, 0.3) is 11.7 Å². The van der Waals surface area contributed by atoms with Crippen LogP contribution in [0.5, 0.6) is 0 Å². The number of piperidine rings is 1. The molecule has 0 aromatic carbocycles. The number of rotatable bonds is 4. The van der Waals surface area contributed by atoms with E-state index in [1.165, 1.54) is 24.2 Å². The Bertz CT molecular complexity index is 979. The molecule has 1 unspecified atom stereocenters. The third-order valence-corrected chi connectivity index (χ3v) is 5.53. The van der Waals surface area contributed by atoms with Crippen molar-refractivity contribution in [2.75, 3.05) is 18.4 Å².